The van der Waals surface area contributed by atoms with E-state index in [2.05, 4.69) is 43.5 Å². The standard InChI is InChI=1S/C21H23N7/c22-17-6-9-27(10-7-17)13-16-5-11-28-20(16)21(24-14-25-28)26-18-3-4-19-15(12-18)2-1-8-23-19/h1-5,8,11-12,14,17H,6-7,9-10,13,22H2,(H,24,25,26). The number of piperidine rings is 1. The number of rotatable bonds is 4. The Morgan fingerprint density at radius 3 is 2.89 bits per heavy atom. The third-order valence-electron chi connectivity index (χ3n) is 5.43. The number of pyridine rings is 1. The van der Waals surface area contributed by atoms with Crippen molar-refractivity contribution in [2.45, 2.75) is 25.4 Å². The van der Waals surface area contributed by atoms with E-state index in [0.29, 0.717) is 6.04 Å². The Labute approximate surface area is 163 Å². The summed E-state index contributed by atoms with van der Waals surface area (Å²) < 4.78 is 1.89. The van der Waals surface area contributed by atoms with Crippen molar-refractivity contribution in [2.75, 3.05) is 18.4 Å². The molecule has 1 aliphatic rings. The molecule has 142 valence electrons. The van der Waals surface area contributed by atoms with E-state index in [0.717, 1.165) is 60.4 Å². The maximum absolute atomic E-state index is 6.05. The molecule has 0 radical (unpaired) electrons. The number of likely N-dealkylation sites (tertiary alicyclic amines) is 1. The van der Waals surface area contributed by atoms with Crippen LogP contribution in [-0.2, 0) is 6.54 Å². The van der Waals surface area contributed by atoms with E-state index in [9.17, 15) is 0 Å². The lowest BCUT2D eigenvalue weighted by molar-refractivity contribution is 0.206. The van der Waals surface area contributed by atoms with E-state index in [1.54, 1.807) is 6.33 Å². The number of aromatic nitrogens is 4. The monoisotopic (exact) mass is 373 g/mol. The topological polar surface area (TPSA) is 84.4 Å². The minimum absolute atomic E-state index is 0.338. The van der Waals surface area contributed by atoms with Crippen molar-refractivity contribution >= 4 is 27.9 Å². The van der Waals surface area contributed by atoms with Crippen LogP contribution < -0.4 is 11.1 Å². The van der Waals surface area contributed by atoms with Gasteiger partial charge in [-0.1, -0.05) is 6.07 Å². The van der Waals surface area contributed by atoms with Crippen LogP contribution in [0.25, 0.3) is 16.4 Å². The van der Waals surface area contributed by atoms with E-state index >= 15 is 0 Å². The van der Waals surface area contributed by atoms with Gasteiger partial charge in [0.15, 0.2) is 5.82 Å². The fraction of sp³-hybridized carbons (Fsp3) is 0.286. The Morgan fingerprint density at radius 1 is 1.11 bits per heavy atom. The molecule has 7 nitrogen and oxygen atoms in total. The lowest BCUT2D eigenvalue weighted by Gasteiger charge is -2.29. The normalized spacial score (nSPS) is 16.0. The molecule has 4 heterocycles. The third kappa shape index (κ3) is 3.30. The van der Waals surface area contributed by atoms with Gasteiger partial charge in [-0.2, -0.15) is 5.10 Å². The number of nitrogens with zero attached hydrogens (tertiary/aromatic N) is 5. The summed E-state index contributed by atoms with van der Waals surface area (Å²) in [6.45, 7) is 2.95. The van der Waals surface area contributed by atoms with Crippen molar-refractivity contribution in [1.29, 1.82) is 0 Å². The van der Waals surface area contributed by atoms with Crippen molar-refractivity contribution in [2.24, 2.45) is 5.73 Å². The van der Waals surface area contributed by atoms with Crippen LogP contribution in [0.15, 0.2) is 55.1 Å². The summed E-state index contributed by atoms with van der Waals surface area (Å²) in [5, 5.41) is 8.94. The molecule has 0 aliphatic carbocycles. The number of hydrogen-bond donors (Lipinski definition) is 2. The van der Waals surface area contributed by atoms with Gasteiger partial charge in [-0.15, -0.1) is 0 Å². The molecule has 0 saturated carbocycles. The molecule has 0 amide bonds. The first kappa shape index (κ1) is 17.1. The van der Waals surface area contributed by atoms with E-state index in [4.69, 9.17) is 5.73 Å². The van der Waals surface area contributed by atoms with E-state index in [1.165, 1.54) is 5.56 Å². The molecule has 4 aromatic rings. The summed E-state index contributed by atoms with van der Waals surface area (Å²) in [5.74, 6) is 0.812. The molecule has 5 rings (SSSR count). The molecule has 7 heteroatoms. The summed E-state index contributed by atoms with van der Waals surface area (Å²) in [5.41, 5.74) is 10.2. The van der Waals surface area contributed by atoms with Crippen molar-refractivity contribution in [3.8, 4) is 0 Å². The molecule has 0 bridgehead atoms. The molecule has 0 spiro atoms. The summed E-state index contributed by atoms with van der Waals surface area (Å²) >= 11 is 0. The number of hydrogen-bond acceptors (Lipinski definition) is 6. The second-order valence-corrected chi connectivity index (χ2v) is 7.39. The minimum atomic E-state index is 0.338. The Morgan fingerprint density at radius 2 is 2.00 bits per heavy atom. The molecule has 3 aromatic heterocycles. The summed E-state index contributed by atoms with van der Waals surface area (Å²) in [4.78, 5) is 11.4. The molecule has 28 heavy (non-hydrogen) atoms. The average Bonchev–Trinajstić information content (AvgIpc) is 3.13. The van der Waals surface area contributed by atoms with Crippen LogP contribution in [0.5, 0.6) is 0 Å². The number of benzene rings is 1. The Bertz CT molecular complexity index is 1110. The quantitative estimate of drug-likeness (QED) is 0.572. The lowest BCUT2D eigenvalue weighted by atomic mass is 10.1. The lowest BCUT2D eigenvalue weighted by Crippen LogP contribution is -2.39. The first-order chi connectivity index (χ1) is 13.8. The number of nitrogens with one attached hydrogen (secondary N) is 1. The van der Waals surface area contributed by atoms with E-state index < -0.39 is 0 Å². The van der Waals surface area contributed by atoms with Crippen LogP contribution >= 0.6 is 0 Å². The first-order valence-electron chi connectivity index (χ1n) is 9.67. The zero-order valence-corrected chi connectivity index (χ0v) is 15.6. The van der Waals surface area contributed by atoms with Crippen LogP contribution in [0.1, 0.15) is 18.4 Å². The molecular weight excluding hydrogens is 350 g/mol. The largest absolute Gasteiger partial charge is 0.338 e. The maximum atomic E-state index is 6.05. The van der Waals surface area contributed by atoms with E-state index in [-0.39, 0.29) is 0 Å². The van der Waals surface area contributed by atoms with Crippen LogP contribution in [0.2, 0.25) is 0 Å². The van der Waals surface area contributed by atoms with Gasteiger partial charge in [-0.3, -0.25) is 9.88 Å². The highest BCUT2D eigenvalue weighted by molar-refractivity contribution is 5.85. The van der Waals surface area contributed by atoms with Gasteiger partial charge in [0.1, 0.15) is 11.8 Å². The molecule has 0 atom stereocenters. The number of fused-ring (bicyclic) bond motifs is 2. The molecule has 1 aliphatic heterocycles. The second kappa shape index (κ2) is 7.18. The van der Waals surface area contributed by atoms with Crippen LogP contribution in [0, 0.1) is 0 Å². The molecule has 1 saturated heterocycles. The van der Waals surface area contributed by atoms with Crippen molar-refractivity contribution < 1.29 is 0 Å². The van der Waals surface area contributed by atoms with Crippen LogP contribution in [0.4, 0.5) is 11.5 Å². The SMILES string of the molecule is NC1CCN(Cc2ccn3ncnc(Nc4ccc5ncccc5c4)c23)CC1. The average molecular weight is 373 g/mol. The van der Waals surface area contributed by atoms with Gasteiger partial charge in [-0.25, -0.2) is 9.50 Å². The number of anilines is 2. The van der Waals surface area contributed by atoms with Gasteiger partial charge in [-0.05, 0) is 61.8 Å². The fourth-order valence-corrected chi connectivity index (χ4v) is 3.88. The second-order valence-electron chi connectivity index (χ2n) is 7.39. The zero-order chi connectivity index (χ0) is 18.9. The smallest absolute Gasteiger partial charge is 0.158 e. The third-order valence-corrected chi connectivity index (χ3v) is 5.43. The summed E-state index contributed by atoms with van der Waals surface area (Å²) in [7, 11) is 0. The summed E-state index contributed by atoms with van der Waals surface area (Å²) in [6.07, 6.45) is 7.50. The van der Waals surface area contributed by atoms with Crippen LogP contribution in [0.3, 0.4) is 0 Å². The molecule has 1 fully saturated rings. The molecule has 0 unspecified atom stereocenters. The highest BCUT2D eigenvalue weighted by atomic mass is 15.3. The molecule has 1 aromatic carbocycles. The van der Waals surface area contributed by atoms with Crippen molar-refractivity contribution in [1.82, 2.24) is 24.5 Å². The highest BCUT2D eigenvalue weighted by Crippen LogP contribution is 2.26. The minimum Gasteiger partial charge on any atom is -0.338 e. The molecular formula is C21H23N7. The zero-order valence-electron chi connectivity index (χ0n) is 15.6. The van der Waals surface area contributed by atoms with Gasteiger partial charge in [0.25, 0.3) is 0 Å². The van der Waals surface area contributed by atoms with Gasteiger partial charge in [0, 0.05) is 36.1 Å². The van der Waals surface area contributed by atoms with Crippen LogP contribution in [-0.4, -0.2) is 43.6 Å². The van der Waals surface area contributed by atoms with Gasteiger partial charge >= 0.3 is 0 Å². The highest BCUT2D eigenvalue weighted by Gasteiger charge is 2.18. The Kier molecular flexibility index (Phi) is 4.38. The van der Waals surface area contributed by atoms with Gasteiger partial charge in [0.05, 0.1) is 5.52 Å². The number of nitrogens with two attached hydrogens (primary N) is 1. The molecule has 3 N–H and O–H groups in total. The van der Waals surface area contributed by atoms with Gasteiger partial charge < -0.3 is 11.1 Å². The Balaban J connectivity index is 1.46. The van der Waals surface area contributed by atoms with Crippen molar-refractivity contribution in [3.63, 3.8) is 0 Å². The van der Waals surface area contributed by atoms with Gasteiger partial charge in [0.2, 0.25) is 0 Å². The first-order valence-corrected chi connectivity index (χ1v) is 9.67. The summed E-state index contributed by atoms with van der Waals surface area (Å²) in [6, 6.07) is 12.6. The van der Waals surface area contributed by atoms with Crippen molar-refractivity contribution in [3.05, 3.63) is 60.7 Å². The Hall–Kier alpha value is -3.03. The van der Waals surface area contributed by atoms with E-state index in [1.807, 2.05) is 35.1 Å². The fourth-order valence-electron chi connectivity index (χ4n) is 3.88. The predicted octanol–water partition coefficient (Wildman–Crippen LogP) is 2.94. The maximum Gasteiger partial charge on any atom is 0.158 e. The predicted molar refractivity (Wildman–Crippen MR) is 110 cm³/mol.